The van der Waals surface area contributed by atoms with Gasteiger partial charge in [-0.15, -0.1) is 0 Å². The Kier molecular flexibility index (Phi) is 5.45. The summed E-state index contributed by atoms with van der Waals surface area (Å²) in [5.74, 6) is 0. The first kappa shape index (κ1) is 12.0. The van der Waals surface area contributed by atoms with E-state index in [0.717, 1.165) is 32.6 Å². The van der Waals surface area contributed by atoms with Gasteiger partial charge in [-0.3, -0.25) is 0 Å². The Hall–Kier alpha value is -0.120. The van der Waals surface area contributed by atoms with E-state index >= 15 is 0 Å². The van der Waals surface area contributed by atoms with Gasteiger partial charge in [-0.25, -0.2) is 0 Å². The summed E-state index contributed by atoms with van der Waals surface area (Å²) in [4.78, 5) is 0. The molecule has 14 heavy (non-hydrogen) atoms. The topological polar surface area (TPSA) is 30.5 Å². The van der Waals surface area contributed by atoms with Crippen LogP contribution in [0.25, 0.3) is 0 Å². The van der Waals surface area contributed by atoms with Gasteiger partial charge in [-0.2, -0.15) is 0 Å². The van der Waals surface area contributed by atoms with Crippen molar-refractivity contribution in [3.63, 3.8) is 0 Å². The molecule has 0 unspecified atom stereocenters. The van der Waals surface area contributed by atoms with Crippen molar-refractivity contribution >= 4 is 0 Å². The van der Waals surface area contributed by atoms with Crippen molar-refractivity contribution in [2.45, 2.75) is 51.9 Å². The lowest BCUT2D eigenvalue weighted by molar-refractivity contribution is -0.0427. The Morgan fingerprint density at radius 1 is 1.29 bits per heavy atom. The fourth-order valence-electron chi connectivity index (χ4n) is 2.05. The van der Waals surface area contributed by atoms with Gasteiger partial charge >= 0.3 is 0 Å². The van der Waals surface area contributed by atoms with Crippen molar-refractivity contribution in [3.8, 4) is 0 Å². The molecule has 1 saturated heterocycles. The lowest BCUT2D eigenvalue weighted by Gasteiger charge is -2.32. The molecule has 1 aliphatic rings. The van der Waals surface area contributed by atoms with Gasteiger partial charge in [0.05, 0.1) is 18.8 Å². The van der Waals surface area contributed by atoms with Crippen molar-refractivity contribution in [1.29, 1.82) is 0 Å². The molecule has 0 radical (unpaired) electrons. The first-order valence-corrected chi connectivity index (χ1v) is 5.69. The van der Waals surface area contributed by atoms with E-state index in [2.05, 4.69) is 19.2 Å². The summed E-state index contributed by atoms with van der Waals surface area (Å²) in [7, 11) is 0. The Morgan fingerprint density at radius 2 is 1.93 bits per heavy atom. The van der Waals surface area contributed by atoms with Crippen LogP contribution in [-0.2, 0) is 9.47 Å². The van der Waals surface area contributed by atoms with Crippen LogP contribution in [0.1, 0.15) is 33.6 Å². The summed E-state index contributed by atoms with van der Waals surface area (Å²) in [6, 6.07) is 0.606. The summed E-state index contributed by atoms with van der Waals surface area (Å²) in [6.45, 7) is 8.90. The highest BCUT2D eigenvalue weighted by molar-refractivity contribution is 4.78. The van der Waals surface area contributed by atoms with Gasteiger partial charge in [0, 0.05) is 19.2 Å². The van der Waals surface area contributed by atoms with E-state index in [-0.39, 0.29) is 0 Å². The molecule has 0 bridgehead atoms. The van der Waals surface area contributed by atoms with Crippen LogP contribution in [-0.4, -0.2) is 38.0 Å². The highest BCUT2D eigenvalue weighted by Gasteiger charge is 2.23. The summed E-state index contributed by atoms with van der Waals surface area (Å²) in [5, 5.41) is 3.51. The summed E-state index contributed by atoms with van der Waals surface area (Å²) in [5.41, 5.74) is 0. The van der Waals surface area contributed by atoms with Crippen LogP contribution in [0.15, 0.2) is 0 Å². The minimum absolute atomic E-state index is 0.392. The molecule has 0 amide bonds. The number of ether oxygens (including phenoxy) is 2. The van der Waals surface area contributed by atoms with Gasteiger partial charge < -0.3 is 14.8 Å². The van der Waals surface area contributed by atoms with E-state index in [4.69, 9.17) is 9.47 Å². The predicted molar refractivity (Wildman–Crippen MR) is 57.5 cm³/mol. The zero-order valence-corrected chi connectivity index (χ0v) is 9.58. The molecule has 84 valence electrons. The maximum absolute atomic E-state index is 5.67. The van der Waals surface area contributed by atoms with Gasteiger partial charge in [0.25, 0.3) is 0 Å². The van der Waals surface area contributed by atoms with Crippen molar-refractivity contribution in [3.05, 3.63) is 0 Å². The lowest BCUT2D eigenvalue weighted by atomic mass is 10.00. The molecule has 0 saturated carbocycles. The van der Waals surface area contributed by atoms with Crippen LogP contribution < -0.4 is 5.32 Å². The Bertz CT molecular complexity index is 142. The van der Waals surface area contributed by atoms with Crippen LogP contribution in [0.5, 0.6) is 0 Å². The zero-order valence-electron chi connectivity index (χ0n) is 9.58. The van der Waals surface area contributed by atoms with Crippen molar-refractivity contribution in [2.75, 3.05) is 19.8 Å². The summed E-state index contributed by atoms with van der Waals surface area (Å²) in [6.07, 6.45) is 3.03. The smallest absolute Gasteiger partial charge is 0.0590 e. The molecule has 0 aromatic carbocycles. The molecule has 2 atom stereocenters. The van der Waals surface area contributed by atoms with Crippen molar-refractivity contribution < 1.29 is 9.47 Å². The molecule has 0 aromatic rings. The van der Waals surface area contributed by atoms with Gasteiger partial charge in [0.1, 0.15) is 0 Å². The first-order valence-electron chi connectivity index (χ1n) is 5.69. The minimum atomic E-state index is 0.392. The third-order valence-electron chi connectivity index (χ3n) is 2.58. The SMILES string of the molecule is CCOCCNC1C[C@@H](C)O[C@H](C)C1. The monoisotopic (exact) mass is 201 g/mol. The molecule has 1 rings (SSSR count). The lowest BCUT2D eigenvalue weighted by Crippen LogP contribution is -2.42. The largest absolute Gasteiger partial charge is 0.380 e. The number of nitrogens with one attached hydrogen (secondary N) is 1. The number of rotatable bonds is 5. The third-order valence-corrected chi connectivity index (χ3v) is 2.58. The fourth-order valence-corrected chi connectivity index (χ4v) is 2.05. The second-order valence-electron chi connectivity index (χ2n) is 4.08. The van der Waals surface area contributed by atoms with E-state index in [9.17, 15) is 0 Å². The first-order chi connectivity index (χ1) is 6.72. The normalized spacial score (nSPS) is 33.2. The van der Waals surface area contributed by atoms with E-state index in [1.54, 1.807) is 0 Å². The maximum Gasteiger partial charge on any atom is 0.0590 e. The van der Waals surface area contributed by atoms with E-state index < -0.39 is 0 Å². The van der Waals surface area contributed by atoms with Crippen LogP contribution in [0, 0.1) is 0 Å². The van der Waals surface area contributed by atoms with E-state index in [1.165, 1.54) is 0 Å². The average Bonchev–Trinajstić information content (AvgIpc) is 2.11. The highest BCUT2D eigenvalue weighted by atomic mass is 16.5. The van der Waals surface area contributed by atoms with Crippen molar-refractivity contribution in [1.82, 2.24) is 5.32 Å². The quantitative estimate of drug-likeness (QED) is 0.685. The number of hydrogen-bond acceptors (Lipinski definition) is 3. The number of hydrogen-bond donors (Lipinski definition) is 1. The average molecular weight is 201 g/mol. The molecule has 0 aliphatic carbocycles. The predicted octanol–water partition coefficient (Wildman–Crippen LogP) is 1.57. The molecule has 3 heteroatoms. The molecule has 1 N–H and O–H groups in total. The fraction of sp³-hybridized carbons (Fsp3) is 1.00. The molecule has 0 spiro atoms. The molecule has 1 fully saturated rings. The second-order valence-corrected chi connectivity index (χ2v) is 4.08. The van der Waals surface area contributed by atoms with Gasteiger partial charge in [-0.1, -0.05) is 0 Å². The van der Waals surface area contributed by atoms with Crippen LogP contribution in [0.4, 0.5) is 0 Å². The van der Waals surface area contributed by atoms with Crippen molar-refractivity contribution in [2.24, 2.45) is 0 Å². The molecule has 1 aliphatic heterocycles. The Morgan fingerprint density at radius 3 is 2.50 bits per heavy atom. The standard InChI is InChI=1S/C11H23NO2/c1-4-13-6-5-12-11-7-9(2)14-10(3)8-11/h9-12H,4-8H2,1-3H3/t9-,10-/m1/s1. The Labute approximate surface area is 87.2 Å². The van der Waals surface area contributed by atoms with E-state index in [0.29, 0.717) is 18.2 Å². The van der Waals surface area contributed by atoms with Gasteiger partial charge in [0.15, 0.2) is 0 Å². The van der Waals surface area contributed by atoms with Crippen LogP contribution >= 0.6 is 0 Å². The molecule has 1 heterocycles. The third kappa shape index (κ3) is 4.40. The highest BCUT2D eigenvalue weighted by Crippen LogP contribution is 2.18. The maximum atomic E-state index is 5.67. The molecular weight excluding hydrogens is 178 g/mol. The summed E-state index contributed by atoms with van der Waals surface area (Å²) >= 11 is 0. The van der Waals surface area contributed by atoms with Gasteiger partial charge in [0.2, 0.25) is 0 Å². The zero-order chi connectivity index (χ0) is 10.4. The Balaban J connectivity index is 2.10. The second kappa shape index (κ2) is 6.38. The van der Waals surface area contributed by atoms with Crippen LogP contribution in [0.3, 0.4) is 0 Å². The molecular formula is C11H23NO2. The van der Waals surface area contributed by atoms with E-state index in [1.807, 2.05) is 6.92 Å². The minimum Gasteiger partial charge on any atom is -0.380 e. The summed E-state index contributed by atoms with van der Waals surface area (Å²) < 4.78 is 11.0. The molecule has 3 nitrogen and oxygen atoms in total. The van der Waals surface area contributed by atoms with Gasteiger partial charge in [-0.05, 0) is 33.6 Å². The van der Waals surface area contributed by atoms with Crippen LogP contribution in [0.2, 0.25) is 0 Å². The molecule has 0 aromatic heterocycles.